The summed E-state index contributed by atoms with van der Waals surface area (Å²) in [5.74, 6) is -1.87. The lowest BCUT2D eigenvalue weighted by molar-refractivity contribution is 0.0996. The summed E-state index contributed by atoms with van der Waals surface area (Å²) in [7, 11) is 1.53. The van der Waals surface area contributed by atoms with Gasteiger partial charge in [-0.3, -0.25) is 4.79 Å². The summed E-state index contributed by atoms with van der Waals surface area (Å²) in [6, 6.07) is 2.00. The number of phenols is 1. The molecule has 4 N–H and O–H groups in total. The quantitative estimate of drug-likeness (QED) is 0.591. The van der Waals surface area contributed by atoms with Gasteiger partial charge in [0.15, 0.2) is 0 Å². The van der Waals surface area contributed by atoms with Crippen molar-refractivity contribution in [3.05, 3.63) is 23.5 Å². The maximum Gasteiger partial charge on any atom is 0.251 e. The van der Waals surface area contributed by atoms with E-state index in [0.717, 1.165) is 12.1 Å². The molecular weight excluding hydrogens is 175 g/mol. The molecule has 0 bridgehead atoms. The van der Waals surface area contributed by atoms with Crippen LogP contribution in [0.5, 0.6) is 5.75 Å². The van der Waals surface area contributed by atoms with E-state index in [0.29, 0.717) is 0 Å². The van der Waals surface area contributed by atoms with Crippen molar-refractivity contribution in [1.82, 2.24) is 0 Å². The van der Waals surface area contributed by atoms with Crippen LogP contribution in [-0.4, -0.2) is 18.1 Å². The molecule has 4 nitrogen and oxygen atoms in total. The van der Waals surface area contributed by atoms with Crippen molar-refractivity contribution in [3.8, 4) is 5.75 Å². The van der Waals surface area contributed by atoms with E-state index in [4.69, 9.17) is 5.73 Å². The molecule has 0 fully saturated rings. The Hall–Kier alpha value is -1.78. The molecule has 1 aromatic carbocycles. The molecule has 13 heavy (non-hydrogen) atoms. The van der Waals surface area contributed by atoms with Gasteiger partial charge in [-0.2, -0.15) is 0 Å². The zero-order valence-electron chi connectivity index (χ0n) is 6.97. The van der Waals surface area contributed by atoms with Crippen LogP contribution in [0.4, 0.5) is 10.1 Å². The summed E-state index contributed by atoms with van der Waals surface area (Å²) in [5, 5.41) is 11.8. The molecule has 70 valence electrons. The monoisotopic (exact) mass is 184 g/mol. The van der Waals surface area contributed by atoms with Gasteiger partial charge in [0.25, 0.3) is 5.91 Å². The predicted molar refractivity (Wildman–Crippen MR) is 46.1 cm³/mol. The lowest BCUT2D eigenvalue weighted by Crippen LogP contribution is -2.13. The van der Waals surface area contributed by atoms with Crippen molar-refractivity contribution < 1.29 is 14.3 Å². The van der Waals surface area contributed by atoms with Crippen molar-refractivity contribution in [3.63, 3.8) is 0 Å². The van der Waals surface area contributed by atoms with Crippen LogP contribution in [-0.2, 0) is 0 Å². The predicted octanol–water partition coefficient (Wildman–Crippen LogP) is 0.672. The van der Waals surface area contributed by atoms with E-state index in [1.165, 1.54) is 7.05 Å². The van der Waals surface area contributed by atoms with Gasteiger partial charge < -0.3 is 16.2 Å². The first-order valence-electron chi connectivity index (χ1n) is 3.56. The number of carbonyl (C=O) groups excluding carboxylic acids is 1. The van der Waals surface area contributed by atoms with E-state index in [2.05, 4.69) is 5.32 Å². The molecule has 0 saturated heterocycles. The first-order chi connectivity index (χ1) is 6.06. The number of nitrogens with one attached hydrogen (secondary N) is 1. The molecule has 0 atom stereocenters. The molecule has 5 heteroatoms. The van der Waals surface area contributed by atoms with Crippen molar-refractivity contribution in [2.45, 2.75) is 0 Å². The topological polar surface area (TPSA) is 75.3 Å². The summed E-state index contributed by atoms with van der Waals surface area (Å²) in [5.41, 5.74) is 4.75. The number of anilines is 1. The molecule has 1 amide bonds. The number of rotatable bonds is 2. The van der Waals surface area contributed by atoms with Gasteiger partial charge in [-0.15, -0.1) is 0 Å². The van der Waals surface area contributed by atoms with E-state index in [-0.39, 0.29) is 17.0 Å². The van der Waals surface area contributed by atoms with Gasteiger partial charge in [0.1, 0.15) is 11.6 Å². The van der Waals surface area contributed by atoms with Crippen LogP contribution in [0.1, 0.15) is 10.4 Å². The third-order valence-electron chi connectivity index (χ3n) is 1.62. The fraction of sp³-hybridized carbons (Fsp3) is 0.125. The lowest BCUT2D eigenvalue weighted by Gasteiger charge is -2.05. The average Bonchev–Trinajstić information content (AvgIpc) is 2.07. The minimum absolute atomic E-state index is 0.210. The average molecular weight is 184 g/mol. The molecular formula is C8H9FN2O2. The highest BCUT2D eigenvalue weighted by Crippen LogP contribution is 2.25. The second-order valence-electron chi connectivity index (χ2n) is 2.46. The number of hydrogen-bond acceptors (Lipinski definition) is 3. The number of phenolic OH excluding ortho intramolecular Hbond substituents is 1. The zero-order chi connectivity index (χ0) is 10.0. The normalized spacial score (nSPS) is 9.69. The molecule has 0 aliphatic carbocycles. The van der Waals surface area contributed by atoms with E-state index in [1.54, 1.807) is 0 Å². The first kappa shape index (κ1) is 9.31. The fourth-order valence-corrected chi connectivity index (χ4v) is 0.951. The summed E-state index contributed by atoms with van der Waals surface area (Å²) >= 11 is 0. The second-order valence-corrected chi connectivity index (χ2v) is 2.46. The molecule has 0 spiro atoms. The molecule has 1 rings (SSSR count). The highest BCUT2D eigenvalue weighted by atomic mass is 19.1. The smallest absolute Gasteiger partial charge is 0.251 e. The van der Waals surface area contributed by atoms with E-state index in [9.17, 15) is 14.3 Å². The highest BCUT2D eigenvalue weighted by molar-refractivity contribution is 5.94. The summed E-state index contributed by atoms with van der Waals surface area (Å²) < 4.78 is 13.0. The maximum absolute atomic E-state index is 13.0. The molecule has 0 aromatic heterocycles. The number of benzene rings is 1. The Morgan fingerprint density at radius 1 is 1.62 bits per heavy atom. The third-order valence-corrected chi connectivity index (χ3v) is 1.62. The van der Waals surface area contributed by atoms with Gasteiger partial charge in [0.05, 0.1) is 11.3 Å². The third kappa shape index (κ3) is 1.69. The van der Waals surface area contributed by atoms with Crippen molar-refractivity contribution in [2.24, 2.45) is 5.73 Å². The second kappa shape index (κ2) is 3.30. The molecule has 0 aliphatic rings. The minimum Gasteiger partial charge on any atom is -0.506 e. The van der Waals surface area contributed by atoms with Gasteiger partial charge in [-0.25, -0.2) is 4.39 Å². The number of nitrogens with two attached hydrogens (primary N) is 1. The number of carbonyl (C=O) groups is 1. The maximum atomic E-state index is 13.0. The van der Waals surface area contributed by atoms with Gasteiger partial charge >= 0.3 is 0 Å². The lowest BCUT2D eigenvalue weighted by atomic mass is 10.1. The highest BCUT2D eigenvalue weighted by Gasteiger charge is 2.11. The van der Waals surface area contributed by atoms with Crippen molar-refractivity contribution in [2.75, 3.05) is 12.4 Å². The summed E-state index contributed by atoms with van der Waals surface area (Å²) in [6.45, 7) is 0. The van der Waals surface area contributed by atoms with Crippen LogP contribution >= 0.6 is 0 Å². The standard InChI is InChI=1S/C8H9FN2O2/c1-11-6-3-5(9)4(8(10)13)2-7(6)12/h2-3,11-12H,1H3,(H2,10,13). The number of primary amides is 1. The number of aromatic hydroxyl groups is 1. The molecule has 0 unspecified atom stereocenters. The number of halogens is 1. The Morgan fingerprint density at radius 2 is 2.23 bits per heavy atom. The summed E-state index contributed by atoms with van der Waals surface area (Å²) in [6.07, 6.45) is 0. The van der Waals surface area contributed by atoms with Crippen LogP contribution in [0.15, 0.2) is 12.1 Å². The van der Waals surface area contributed by atoms with E-state index in [1.807, 2.05) is 0 Å². The molecule has 0 radical (unpaired) electrons. The van der Waals surface area contributed by atoms with E-state index < -0.39 is 11.7 Å². The Balaban J connectivity index is 3.28. The van der Waals surface area contributed by atoms with Crippen molar-refractivity contribution >= 4 is 11.6 Å². The Morgan fingerprint density at radius 3 is 2.69 bits per heavy atom. The van der Waals surface area contributed by atoms with Gasteiger partial charge in [-0.05, 0) is 6.07 Å². The van der Waals surface area contributed by atoms with Gasteiger partial charge in [0, 0.05) is 13.1 Å². The Kier molecular flexibility index (Phi) is 2.36. The van der Waals surface area contributed by atoms with Crippen molar-refractivity contribution in [1.29, 1.82) is 0 Å². The van der Waals surface area contributed by atoms with Crippen LogP contribution in [0.25, 0.3) is 0 Å². The van der Waals surface area contributed by atoms with Crippen LogP contribution in [0.2, 0.25) is 0 Å². The Labute approximate surface area is 74.2 Å². The molecule has 0 aliphatic heterocycles. The first-order valence-corrected chi connectivity index (χ1v) is 3.56. The molecule has 0 heterocycles. The SMILES string of the molecule is CNc1cc(F)c(C(N)=O)cc1O. The Bertz CT molecular complexity index is 352. The number of hydrogen-bond donors (Lipinski definition) is 3. The number of amides is 1. The minimum atomic E-state index is -0.907. The van der Waals surface area contributed by atoms with Crippen LogP contribution in [0, 0.1) is 5.82 Å². The molecule has 0 saturated carbocycles. The zero-order valence-corrected chi connectivity index (χ0v) is 6.97. The van der Waals surface area contributed by atoms with Gasteiger partial charge in [0.2, 0.25) is 0 Å². The largest absolute Gasteiger partial charge is 0.506 e. The van der Waals surface area contributed by atoms with E-state index >= 15 is 0 Å². The molecule has 1 aromatic rings. The fourth-order valence-electron chi connectivity index (χ4n) is 0.951. The van der Waals surface area contributed by atoms with Gasteiger partial charge in [-0.1, -0.05) is 0 Å². The summed E-state index contributed by atoms with van der Waals surface area (Å²) in [4.78, 5) is 10.6. The van der Waals surface area contributed by atoms with Crippen LogP contribution < -0.4 is 11.1 Å². The van der Waals surface area contributed by atoms with Crippen LogP contribution in [0.3, 0.4) is 0 Å².